The van der Waals surface area contributed by atoms with Crippen LogP contribution in [0, 0.1) is 13.8 Å². The lowest BCUT2D eigenvalue weighted by Gasteiger charge is -2.06. The van der Waals surface area contributed by atoms with Crippen LogP contribution in [0.5, 0.6) is 0 Å². The van der Waals surface area contributed by atoms with Gasteiger partial charge in [0, 0.05) is 18.3 Å². The molecule has 2 heterocycles. The van der Waals surface area contributed by atoms with Gasteiger partial charge in [-0.05, 0) is 19.9 Å². The average molecular weight is 301 g/mol. The molecule has 0 saturated carbocycles. The molecule has 0 bridgehead atoms. The summed E-state index contributed by atoms with van der Waals surface area (Å²) < 4.78 is 37.8. The summed E-state index contributed by atoms with van der Waals surface area (Å²) >= 11 is 0. The summed E-state index contributed by atoms with van der Waals surface area (Å²) in [6, 6.07) is 1.41. The highest BCUT2D eigenvalue weighted by Gasteiger charge is 2.28. The van der Waals surface area contributed by atoms with E-state index in [9.17, 15) is 18.0 Å². The Morgan fingerprint density at radius 1 is 1.43 bits per heavy atom. The van der Waals surface area contributed by atoms with Crippen molar-refractivity contribution in [1.29, 1.82) is 0 Å². The molecule has 2 rings (SSSR count). The molecule has 0 aliphatic rings. The van der Waals surface area contributed by atoms with Gasteiger partial charge in [0.05, 0.1) is 11.4 Å². The van der Waals surface area contributed by atoms with E-state index in [2.05, 4.69) is 15.3 Å². The summed E-state index contributed by atoms with van der Waals surface area (Å²) in [5.41, 5.74) is 2.76. The van der Waals surface area contributed by atoms with Gasteiger partial charge < -0.3 is 5.32 Å². The molecule has 2 N–H and O–H groups in total. The number of aromatic nitrogens is 4. The minimum atomic E-state index is -4.45. The van der Waals surface area contributed by atoms with E-state index < -0.39 is 18.6 Å². The number of nitrogens with one attached hydrogen (secondary N) is 2. The van der Waals surface area contributed by atoms with Gasteiger partial charge in [-0.25, -0.2) is 0 Å². The fourth-order valence-electron chi connectivity index (χ4n) is 1.99. The zero-order chi connectivity index (χ0) is 15.8. The average Bonchev–Trinajstić information content (AvgIpc) is 2.92. The van der Waals surface area contributed by atoms with Crippen LogP contribution < -0.4 is 5.32 Å². The minimum Gasteiger partial charge on any atom is -0.342 e. The number of carbonyl (C=O) groups is 1. The lowest BCUT2D eigenvalue weighted by atomic mass is 10.1. The Balaban J connectivity index is 2.20. The third kappa shape index (κ3) is 3.23. The Hall–Kier alpha value is -2.32. The van der Waals surface area contributed by atoms with E-state index >= 15 is 0 Å². The van der Waals surface area contributed by atoms with Crippen LogP contribution in [0.15, 0.2) is 6.07 Å². The van der Waals surface area contributed by atoms with E-state index in [0.717, 1.165) is 17.0 Å². The summed E-state index contributed by atoms with van der Waals surface area (Å²) in [5, 5.41) is 12.4. The van der Waals surface area contributed by atoms with E-state index in [1.165, 1.54) is 6.07 Å². The normalized spacial score (nSPS) is 11.7. The Kier molecular flexibility index (Phi) is 3.75. The molecule has 6 nitrogen and oxygen atoms in total. The number of hydrogen-bond acceptors (Lipinski definition) is 3. The number of halogens is 3. The third-order valence-electron chi connectivity index (χ3n) is 3.04. The SMILES string of the molecule is Cc1nn(C)c(C)c1-c1cc(C(=O)NCC(F)(F)F)[nH]n1. The molecule has 0 aliphatic carbocycles. The Bertz CT molecular complexity index is 671. The Labute approximate surface area is 118 Å². The summed E-state index contributed by atoms with van der Waals surface area (Å²) in [6.45, 7) is 2.25. The van der Waals surface area contributed by atoms with Crippen LogP contribution in [0.25, 0.3) is 11.3 Å². The molecule has 21 heavy (non-hydrogen) atoms. The molecule has 0 aromatic carbocycles. The molecule has 0 aliphatic heterocycles. The minimum absolute atomic E-state index is 0.0306. The van der Waals surface area contributed by atoms with E-state index in [-0.39, 0.29) is 5.69 Å². The van der Waals surface area contributed by atoms with Crippen LogP contribution in [-0.4, -0.2) is 38.6 Å². The van der Waals surface area contributed by atoms with Crippen molar-refractivity contribution in [3.63, 3.8) is 0 Å². The van der Waals surface area contributed by atoms with Crippen molar-refractivity contribution in [2.45, 2.75) is 20.0 Å². The number of alkyl halides is 3. The first-order chi connectivity index (χ1) is 9.69. The second-order valence-electron chi connectivity index (χ2n) is 4.63. The molecule has 1 amide bonds. The Morgan fingerprint density at radius 3 is 2.62 bits per heavy atom. The molecular weight excluding hydrogens is 287 g/mol. The van der Waals surface area contributed by atoms with Crippen molar-refractivity contribution < 1.29 is 18.0 Å². The molecule has 0 fully saturated rings. The van der Waals surface area contributed by atoms with Gasteiger partial charge in [-0.1, -0.05) is 0 Å². The maximum atomic E-state index is 12.1. The molecule has 2 aromatic rings. The van der Waals surface area contributed by atoms with Gasteiger partial charge in [0.1, 0.15) is 12.2 Å². The maximum Gasteiger partial charge on any atom is 0.405 e. The van der Waals surface area contributed by atoms with Crippen molar-refractivity contribution in [3.8, 4) is 11.3 Å². The zero-order valence-electron chi connectivity index (χ0n) is 11.7. The number of amides is 1. The van der Waals surface area contributed by atoms with Crippen molar-refractivity contribution in [2.75, 3.05) is 6.54 Å². The van der Waals surface area contributed by atoms with Gasteiger partial charge >= 0.3 is 6.18 Å². The van der Waals surface area contributed by atoms with Crippen molar-refractivity contribution in [1.82, 2.24) is 25.3 Å². The zero-order valence-corrected chi connectivity index (χ0v) is 11.7. The largest absolute Gasteiger partial charge is 0.405 e. The van der Waals surface area contributed by atoms with Gasteiger partial charge in [0.2, 0.25) is 0 Å². The van der Waals surface area contributed by atoms with Crippen LogP contribution >= 0.6 is 0 Å². The lowest BCUT2D eigenvalue weighted by molar-refractivity contribution is -0.123. The van der Waals surface area contributed by atoms with Gasteiger partial charge in [0.25, 0.3) is 5.91 Å². The van der Waals surface area contributed by atoms with E-state index in [0.29, 0.717) is 5.69 Å². The van der Waals surface area contributed by atoms with Gasteiger partial charge in [-0.15, -0.1) is 0 Å². The molecule has 2 aromatic heterocycles. The van der Waals surface area contributed by atoms with Crippen LogP contribution in [-0.2, 0) is 7.05 Å². The molecule has 0 atom stereocenters. The topological polar surface area (TPSA) is 75.6 Å². The van der Waals surface area contributed by atoms with Gasteiger partial charge in [-0.3, -0.25) is 14.6 Å². The first-order valence-electron chi connectivity index (χ1n) is 6.10. The van der Waals surface area contributed by atoms with Crippen molar-refractivity contribution >= 4 is 5.91 Å². The highest BCUT2D eigenvalue weighted by molar-refractivity contribution is 5.93. The number of aromatic amines is 1. The number of nitrogens with zero attached hydrogens (tertiary/aromatic N) is 3. The number of H-pyrrole nitrogens is 1. The first-order valence-corrected chi connectivity index (χ1v) is 6.10. The second-order valence-corrected chi connectivity index (χ2v) is 4.63. The maximum absolute atomic E-state index is 12.1. The van der Waals surface area contributed by atoms with Gasteiger partial charge in [-0.2, -0.15) is 23.4 Å². The van der Waals surface area contributed by atoms with Crippen LogP contribution in [0.3, 0.4) is 0 Å². The lowest BCUT2D eigenvalue weighted by Crippen LogP contribution is -2.33. The molecule has 0 unspecified atom stereocenters. The number of hydrogen-bond donors (Lipinski definition) is 2. The molecule has 0 radical (unpaired) electrons. The predicted octanol–water partition coefficient (Wildman–Crippen LogP) is 1.72. The van der Waals surface area contributed by atoms with E-state index in [1.807, 2.05) is 6.92 Å². The summed E-state index contributed by atoms with van der Waals surface area (Å²) in [6.07, 6.45) is -4.45. The first kappa shape index (κ1) is 15.1. The number of rotatable bonds is 3. The smallest absolute Gasteiger partial charge is 0.342 e. The second kappa shape index (κ2) is 5.23. The van der Waals surface area contributed by atoms with Crippen LogP contribution in [0.1, 0.15) is 21.9 Å². The monoisotopic (exact) mass is 301 g/mol. The van der Waals surface area contributed by atoms with Crippen molar-refractivity contribution in [2.24, 2.45) is 7.05 Å². The molecule has 0 saturated heterocycles. The summed E-state index contributed by atoms with van der Waals surface area (Å²) in [7, 11) is 1.77. The highest BCUT2D eigenvalue weighted by Crippen LogP contribution is 2.25. The number of aryl methyl sites for hydroxylation is 2. The molecule has 9 heteroatoms. The van der Waals surface area contributed by atoms with Crippen LogP contribution in [0.4, 0.5) is 13.2 Å². The summed E-state index contributed by atoms with van der Waals surface area (Å²) in [4.78, 5) is 11.6. The van der Waals surface area contributed by atoms with Gasteiger partial charge in [0.15, 0.2) is 0 Å². The molecule has 114 valence electrons. The molecular formula is C12H14F3N5O. The van der Waals surface area contributed by atoms with E-state index in [4.69, 9.17) is 0 Å². The standard InChI is InChI=1S/C12H14F3N5O/c1-6-10(7(2)20(3)19-6)8-4-9(18-17-8)11(21)16-5-12(13,14)15/h4H,5H2,1-3H3,(H,16,21)(H,17,18). The number of carbonyl (C=O) groups excluding carboxylic acids is 1. The third-order valence-corrected chi connectivity index (χ3v) is 3.04. The van der Waals surface area contributed by atoms with E-state index in [1.54, 1.807) is 24.0 Å². The molecule has 0 spiro atoms. The van der Waals surface area contributed by atoms with Crippen molar-refractivity contribution in [3.05, 3.63) is 23.1 Å². The fraction of sp³-hybridized carbons (Fsp3) is 0.417. The highest BCUT2D eigenvalue weighted by atomic mass is 19.4. The quantitative estimate of drug-likeness (QED) is 0.906. The predicted molar refractivity (Wildman–Crippen MR) is 68.7 cm³/mol. The fourth-order valence-corrected chi connectivity index (χ4v) is 1.99. The Morgan fingerprint density at radius 2 is 2.10 bits per heavy atom. The summed E-state index contributed by atoms with van der Waals surface area (Å²) in [5.74, 6) is -0.856. The van der Waals surface area contributed by atoms with Crippen LogP contribution in [0.2, 0.25) is 0 Å².